The van der Waals surface area contributed by atoms with Crippen LogP contribution in [-0.2, 0) is 17.4 Å². The van der Waals surface area contributed by atoms with Crippen molar-refractivity contribution in [2.45, 2.75) is 5.60 Å². The second-order valence-corrected chi connectivity index (χ2v) is 4.81. The molecule has 18 heavy (non-hydrogen) atoms. The van der Waals surface area contributed by atoms with Gasteiger partial charge < -0.3 is 10.4 Å². The van der Waals surface area contributed by atoms with Crippen LogP contribution in [0.3, 0.4) is 0 Å². The first kappa shape index (κ1) is 11.4. The first-order valence-corrected chi connectivity index (χ1v) is 6.03. The number of carbonyl (C=O) groups is 1. The molecule has 0 fully saturated rings. The van der Waals surface area contributed by atoms with Gasteiger partial charge in [-0.25, -0.2) is 4.68 Å². The molecule has 2 N–H and O–H groups in total. The number of amides is 1. The molecule has 1 unspecified atom stereocenters. The summed E-state index contributed by atoms with van der Waals surface area (Å²) in [6.45, 7) is 0. The standard InChI is InChI=1S/C11H9BrN4O2/c1-16-8(9(12)14-15-16)11(18)6-4-2-3-5-7(6)13-10(11)17/h2-5,18H,1H3,(H,13,17). The largest absolute Gasteiger partial charge is 0.370 e. The molecule has 1 atom stereocenters. The summed E-state index contributed by atoms with van der Waals surface area (Å²) in [7, 11) is 1.62. The molecule has 2 heterocycles. The van der Waals surface area contributed by atoms with Crippen LogP contribution in [0.4, 0.5) is 5.69 Å². The lowest BCUT2D eigenvalue weighted by Crippen LogP contribution is -2.37. The van der Waals surface area contributed by atoms with E-state index >= 15 is 0 Å². The number of nitrogens with one attached hydrogen (secondary N) is 1. The minimum atomic E-state index is -1.77. The van der Waals surface area contributed by atoms with E-state index in [-0.39, 0.29) is 0 Å². The molecule has 1 amide bonds. The molecule has 0 spiro atoms. The van der Waals surface area contributed by atoms with Gasteiger partial charge >= 0.3 is 0 Å². The van der Waals surface area contributed by atoms with E-state index < -0.39 is 11.5 Å². The number of hydrogen-bond donors (Lipinski definition) is 2. The van der Waals surface area contributed by atoms with E-state index in [1.54, 1.807) is 31.3 Å². The van der Waals surface area contributed by atoms with Gasteiger partial charge in [0.15, 0.2) is 4.60 Å². The van der Waals surface area contributed by atoms with Crippen molar-refractivity contribution < 1.29 is 9.90 Å². The van der Waals surface area contributed by atoms with Crippen molar-refractivity contribution in [3.05, 3.63) is 40.1 Å². The van der Waals surface area contributed by atoms with Crippen LogP contribution in [0.1, 0.15) is 11.3 Å². The average molecular weight is 309 g/mol. The topological polar surface area (TPSA) is 80.0 Å². The zero-order valence-electron chi connectivity index (χ0n) is 9.38. The predicted octanol–water partition coefficient (Wildman–Crippen LogP) is 0.766. The van der Waals surface area contributed by atoms with Crippen LogP contribution in [-0.4, -0.2) is 26.0 Å². The Hall–Kier alpha value is -1.73. The van der Waals surface area contributed by atoms with Gasteiger partial charge in [0.25, 0.3) is 5.91 Å². The van der Waals surface area contributed by atoms with Crippen LogP contribution >= 0.6 is 15.9 Å². The van der Waals surface area contributed by atoms with Crippen molar-refractivity contribution in [1.29, 1.82) is 0 Å². The summed E-state index contributed by atoms with van der Waals surface area (Å²) in [4.78, 5) is 12.1. The fourth-order valence-electron chi connectivity index (χ4n) is 2.19. The maximum atomic E-state index is 12.1. The monoisotopic (exact) mass is 308 g/mol. The smallest absolute Gasteiger partial charge is 0.267 e. The summed E-state index contributed by atoms with van der Waals surface area (Å²) in [5.74, 6) is -0.505. The third-order valence-electron chi connectivity index (χ3n) is 3.02. The SMILES string of the molecule is Cn1nnc(Br)c1C1(O)C(=O)Nc2ccccc21. The van der Waals surface area contributed by atoms with Gasteiger partial charge in [0.05, 0.1) is 0 Å². The van der Waals surface area contributed by atoms with Crippen molar-refractivity contribution >= 4 is 27.5 Å². The van der Waals surface area contributed by atoms with Gasteiger partial charge in [-0.2, -0.15) is 0 Å². The number of nitrogens with zero attached hydrogens (tertiary/aromatic N) is 3. The number of aryl methyl sites for hydroxylation is 1. The second-order valence-electron chi connectivity index (χ2n) is 4.06. The molecular formula is C11H9BrN4O2. The molecule has 6 nitrogen and oxygen atoms in total. The Labute approximate surface area is 111 Å². The first-order chi connectivity index (χ1) is 8.55. The van der Waals surface area contributed by atoms with Gasteiger partial charge in [0.2, 0.25) is 5.60 Å². The van der Waals surface area contributed by atoms with Crippen LogP contribution < -0.4 is 5.32 Å². The number of rotatable bonds is 1. The number of fused-ring (bicyclic) bond motifs is 1. The molecule has 2 aromatic rings. The normalized spacial score (nSPS) is 21.8. The fourth-order valence-corrected chi connectivity index (χ4v) is 2.81. The molecule has 0 bridgehead atoms. The minimum absolute atomic E-state index is 0.310. The Bertz CT molecular complexity index is 635. The van der Waals surface area contributed by atoms with Crippen LogP contribution in [0, 0.1) is 0 Å². The molecule has 0 radical (unpaired) electrons. The molecule has 92 valence electrons. The van der Waals surface area contributed by atoms with Gasteiger partial charge in [-0.05, 0) is 22.0 Å². The lowest BCUT2D eigenvalue weighted by Gasteiger charge is -2.20. The zero-order valence-corrected chi connectivity index (χ0v) is 11.0. The van der Waals surface area contributed by atoms with Gasteiger partial charge in [0, 0.05) is 18.3 Å². The summed E-state index contributed by atoms with van der Waals surface area (Å²) >= 11 is 3.21. The maximum absolute atomic E-state index is 12.1. The van der Waals surface area contributed by atoms with Crippen molar-refractivity contribution in [2.24, 2.45) is 7.05 Å². The Balaban J connectivity index is 2.30. The third-order valence-corrected chi connectivity index (χ3v) is 3.56. The summed E-state index contributed by atoms with van der Waals surface area (Å²) in [5, 5.41) is 21.0. The van der Waals surface area contributed by atoms with E-state index in [4.69, 9.17) is 0 Å². The highest BCUT2D eigenvalue weighted by atomic mass is 79.9. The third kappa shape index (κ3) is 1.28. The van der Waals surface area contributed by atoms with Crippen LogP contribution in [0.15, 0.2) is 28.9 Å². The lowest BCUT2D eigenvalue weighted by atomic mass is 9.92. The first-order valence-electron chi connectivity index (χ1n) is 5.24. The Morgan fingerprint density at radius 3 is 2.83 bits per heavy atom. The van der Waals surface area contributed by atoms with E-state index in [2.05, 4.69) is 31.6 Å². The van der Waals surface area contributed by atoms with E-state index in [1.165, 1.54) is 4.68 Å². The van der Waals surface area contributed by atoms with E-state index in [1.807, 2.05) is 0 Å². The quantitative estimate of drug-likeness (QED) is 0.815. The molecule has 0 aliphatic carbocycles. The van der Waals surface area contributed by atoms with Gasteiger partial charge in [-0.3, -0.25) is 4.79 Å². The molecule has 0 saturated heterocycles. The number of para-hydroxylation sites is 1. The van der Waals surface area contributed by atoms with Crippen molar-refractivity contribution in [3.8, 4) is 0 Å². The van der Waals surface area contributed by atoms with Crippen LogP contribution in [0.2, 0.25) is 0 Å². The van der Waals surface area contributed by atoms with Gasteiger partial charge in [-0.15, -0.1) is 5.10 Å². The average Bonchev–Trinajstić information content (AvgIpc) is 2.80. The number of aromatic nitrogens is 3. The second kappa shape index (κ2) is 3.63. The predicted molar refractivity (Wildman–Crippen MR) is 66.8 cm³/mol. The highest BCUT2D eigenvalue weighted by Crippen LogP contribution is 2.42. The molecule has 1 aliphatic heterocycles. The number of hydrogen-bond acceptors (Lipinski definition) is 4. The van der Waals surface area contributed by atoms with Crippen LogP contribution in [0.25, 0.3) is 0 Å². The Kier molecular flexibility index (Phi) is 2.29. The van der Waals surface area contributed by atoms with Crippen molar-refractivity contribution in [2.75, 3.05) is 5.32 Å². The van der Waals surface area contributed by atoms with E-state index in [0.29, 0.717) is 21.5 Å². The number of anilines is 1. The highest BCUT2D eigenvalue weighted by Gasteiger charge is 2.50. The van der Waals surface area contributed by atoms with Crippen molar-refractivity contribution in [3.63, 3.8) is 0 Å². The van der Waals surface area contributed by atoms with Crippen LogP contribution in [0.5, 0.6) is 0 Å². The molecule has 1 aromatic heterocycles. The van der Waals surface area contributed by atoms with Gasteiger partial charge in [-0.1, -0.05) is 23.4 Å². The fraction of sp³-hybridized carbons (Fsp3) is 0.182. The molecule has 0 saturated carbocycles. The summed E-state index contributed by atoms with van der Waals surface area (Å²) in [6, 6.07) is 7.00. The van der Waals surface area contributed by atoms with E-state index in [9.17, 15) is 9.90 Å². The Morgan fingerprint density at radius 2 is 2.17 bits per heavy atom. The summed E-state index contributed by atoms with van der Waals surface area (Å²) < 4.78 is 1.73. The highest BCUT2D eigenvalue weighted by molar-refractivity contribution is 9.10. The van der Waals surface area contributed by atoms with Gasteiger partial charge in [0.1, 0.15) is 5.69 Å². The number of halogens is 1. The molecule has 3 rings (SSSR count). The number of benzene rings is 1. The molecule has 7 heteroatoms. The zero-order chi connectivity index (χ0) is 12.9. The molecular weight excluding hydrogens is 300 g/mol. The molecule has 1 aliphatic rings. The van der Waals surface area contributed by atoms with Crippen molar-refractivity contribution in [1.82, 2.24) is 15.0 Å². The number of aliphatic hydroxyl groups is 1. The lowest BCUT2D eigenvalue weighted by molar-refractivity contribution is -0.130. The minimum Gasteiger partial charge on any atom is -0.370 e. The Morgan fingerprint density at radius 1 is 1.44 bits per heavy atom. The number of carbonyl (C=O) groups excluding carboxylic acids is 1. The summed E-state index contributed by atoms with van der Waals surface area (Å²) in [6.07, 6.45) is 0. The summed E-state index contributed by atoms with van der Waals surface area (Å²) in [5.41, 5.74) is -0.364. The van der Waals surface area contributed by atoms with E-state index in [0.717, 1.165) is 0 Å². The molecule has 1 aromatic carbocycles. The maximum Gasteiger partial charge on any atom is 0.267 e.